The summed E-state index contributed by atoms with van der Waals surface area (Å²) in [4.78, 5) is 13.5. The normalized spacial score (nSPS) is 15.6. The summed E-state index contributed by atoms with van der Waals surface area (Å²) < 4.78 is 92.4. The van der Waals surface area contributed by atoms with Crippen molar-refractivity contribution >= 4 is 15.7 Å². The number of ether oxygens (including phenoxy) is 1. The maximum Gasteiger partial charge on any atom is 0.416 e. The third kappa shape index (κ3) is 4.57. The van der Waals surface area contributed by atoms with Crippen molar-refractivity contribution in [3.8, 4) is 5.75 Å². The van der Waals surface area contributed by atoms with Crippen LogP contribution in [0.2, 0.25) is 0 Å². The Morgan fingerprint density at radius 2 is 1.66 bits per heavy atom. The second kappa shape index (κ2) is 8.34. The molecule has 0 spiro atoms. The van der Waals surface area contributed by atoms with Gasteiger partial charge in [-0.15, -0.1) is 0 Å². The van der Waals surface area contributed by atoms with Crippen molar-refractivity contribution < 1.29 is 39.9 Å². The highest BCUT2D eigenvalue weighted by Gasteiger charge is 2.49. The van der Waals surface area contributed by atoms with Crippen LogP contribution in [0, 0.1) is 5.92 Å². The van der Waals surface area contributed by atoms with Gasteiger partial charge in [-0.05, 0) is 56.3 Å². The molecule has 2 aromatic carbocycles. The summed E-state index contributed by atoms with van der Waals surface area (Å²) in [5, 5.41) is 0. The van der Waals surface area contributed by atoms with E-state index in [9.17, 15) is 35.2 Å². The van der Waals surface area contributed by atoms with E-state index in [4.69, 9.17) is 0 Å². The van der Waals surface area contributed by atoms with Crippen LogP contribution in [0.25, 0.3) is 0 Å². The molecule has 1 heterocycles. The van der Waals surface area contributed by atoms with E-state index in [1.807, 2.05) is 0 Å². The van der Waals surface area contributed by atoms with Crippen LogP contribution in [0.3, 0.4) is 0 Å². The average molecular weight is 477 g/mol. The van der Waals surface area contributed by atoms with Crippen LogP contribution in [0.5, 0.6) is 5.75 Å². The van der Waals surface area contributed by atoms with Crippen LogP contribution in [0.4, 0.5) is 22.0 Å². The number of alkyl halides is 5. The smallest absolute Gasteiger partial charge is 0.416 e. The molecule has 0 saturated carbocycles. The Hall–Kier alpha value is -2.69. The van der Waals surface area contributed by atoms with E-state index in [2.05, 4.69) is 4.74 Å². The summed E-state index contributed by atoms with van der Waals surface area (Å²) in [7, 11) is -4.14. The Morgan fingerprint density at radius 1 is 1.06 bits per heavy atom. The zero-order chi connectivity index (χ0) is 23.9. The fourth-order valence-electron chi connectivity index (χ4n) is 3.41. The zero-order valence-corrected chi connectivity index (χ0v) is 17.9. The van der Waals surface area contributed by atoms with E-state index >= 15 is 0 Å². The first-order valence-corrected chi connectivity index (χ1v) is 11.0. The third-order valence-corrected chi connectivity index (χ3v) is 8.24. The number of benzene rings is 2. The second-order valence-electron chi connectivity index (χ2n) is 7.94. The fourth-order valence-corrected chi connectivity index (χ4v) is 5.14. The van der Waals surface area contributed by atoms with Crippen molar-refractivity contribution in [2.75, 3.05) is 13.1 Å². The Balaban J connectivity index is 1.72. The molecule has 2 aromatic rings. The maximum absolute atomic E-state index is 13.1. The summed E-state index contributed by atoms with van der Waals surface area (Å²) in [6, 6.07) is 8.66. The number of halogens is 5. The van der Waals surface area contributed by atoms with Gasteiger partial charge in [0.1, 0.15) is 5.75 Å². The maximum atomic E-state index is 13.1. The number of amides is 1. The Morgan fingerprint density at radius 3 is 2.19 bits per heavy atom. The number of hydrogen-bond acceptors (Lipinski definition) is 4. The topological polar surface area (TPSA) is 63.7 Å². The van der Waals surface area contributed by atoms with Crippen LogP contribution in [-0.2, 0) is 16.0 Å². The molecule has 1 saturated heterocycles. The van der Waals surface area contributed by atoms with E-state index in [0.717, 1.165) is 18.2 Å². The molecule has 0 N–H and O–H groups in total. The largest absolute Gasteiger partial charge is 0.435 e. The van der Waals surface area contributed by atoms with Gasteiger partial charge in [-0.2, -0.15) is 22.0 Å². The lowest BCUT2D eigenvalue weighted by molar-refractivity contribution is -0.137. The molecule has 11 heteroatoms. The van der Waals surface area contributed by atoms with Crippen molar-refractivity contribution in [3.63, 3.8) is 0 Å². The van der Waals surface area contributed by atoms with E-state index in [1.54, 1.807) is 0 Å². The Labute approximate surface area is 181 Å². The van der Waals surface area contributed by atoms with Crippen LogP contribution in [0.1, 0.15) is 29.8 Å². The first-order valence-electron chi connectivity index (χ1n) is 9.49. The molecule has 5 nitrogen and oxygen atoms in total. The van der Waals surface area contributed by atoms with Gasteiger partial charge in [-0.25, -0.2) is 8.42 Å². The van der Waals surface area contributed by atoms with Gasteiger partial charge < -0.3 is 9.64 Å². The number of likely N-dealkylation sites (tertiary alicyclic amines) is 1. The van der Waals surface area contributed by atoms with Crippen LogP contribution >= 0.6 is 0 Å². The van der Waals surface area contributed by atoms with E-state index in [-0.39, 0.29) is 24.4 Å². The minimum Gasteiger partial charge on any atom is -0.435 e. The average Bonchev–Trinajstić information content (AvgIpc) is 2.66. The SMILES string of the molecule is CC(C)(C1CN(C(=O)c2ccc(OC(F)F)cc2)C1)S(=O)(=O)c1cccc(C(F)(F)F)c1. The molecule has 1 amide bonds. The Kier molecular flexibility index (Phi) is 6.25. The van der Waals surface area contributed by atoms with Gasteiger partial charge in [0.05, 0.1) is 15.2 Å². The number of nitrogens with zero attached hydrogens (tertiary/aromatic N) is 1. The van der Waals surface area contributed by atoms with Gasteiger partial charge in [0.25, 0.3) is 5.91 Å². The molecule has 1 aliphatic heterocycles. The number of carbonyl (C=O) groups excluding carboxylic acids is 1. The van der Waals surface area contributed by atoms with Gasteiger partial charge in [-0.3, -0.25) is 4.79 Å². The molecule has 0 atom stereocenters. The lowest BCUT2D eigenvalue weighted by atomic mass is 9.87. The number of carbonyl (C=O) groups is 1. The minimum atomic E-state index is -4.68. The van der Waals surface area contributed by atoms with E-state index < -0.39 is 49.7 Å². The first-order chi connectivity index (χ1) is 14.7. The van der Waals surface area contributed by atoms with Gasteiger partial charge >= 0.3 is 12.8 Å². The molecular formula is C21H20F5NO4S. The van der Waals surface area contributed by atoms with Crippen molar-refractivity contribution in [1.82, 2.24) is 4.90 Å². The highest BCUT2D eigenvalue weighted by Crippen LogP contribution is 2.39. The zero-order valence-electron chi connectivity index (χ0n) is 17.1. The van der Waals surface area contributed by atoms with Crippen LogP contribution in [-0.4, -0.2) is 43.7 Å². The molecule has 1 fully saturated rings. The standard InChI is InChI=1S/C21H20F5NO4S/c1-20(2,32(29,30)17-5-3-4-14(10-17)21(24,25)26)15-11-27(12-15)18(28)13-6-8-16(9-7-13)31-19(22)23/h3-10,15,19H,11-12H2,1-2H3. The number of hydrogen-bond donors (Lipinski definition) is 0. The molecule has 0 aliphatic carbocycles. The molecule has 32 heavy (non-hydrogen) atoms. The predicted octanol–water partition coefficient (Wildman–Crippen LogP) is 4.63. The molecule has 0 radical (unpaired) electrons. The summed E-state index contributed by atoms with van der Waals surface area (Å²) >= 11 is 0. The first kappa shape index (κ1) is 24.0. The third-order valence-electron chi connectivity index (χ3n) is 5.64. The summed E-state index contributed by atoms with van der Waals surface area (Å²) in [6.07, 6.45) is -4.68. The highest BCUT2D eigenvalue weighted by atomic mass is 32.2. The molecule has 174 valence electrons. The van der Waals surface area contributed by atoms with Crippen LogP contribution < -0.4 is 4.74 Å². The molecule has 3 rings (SSSR count). The molecular weight excluding hydrogens is 457 g/mol. The van der Waals surface area contributed by atoms with Gasteiger partial charge in [0.15, 0.2) is 9.84 Å². The monoisotopic (exact) mass is 477 g/mol. The van der Waals surface area contributed by atoms with Gasteiger partial charge in [0.2, 0.25) is 0 Å². The molecule has 1 aliphatic rings. The lowest BCUT2D eigenvalue weighted by Crippen LogP contribution is -2.59. The Bertz CT molecular complexity index is 1090. The number of rotatable bonds is 6. The minimum absolute atomic E-state index is 0.0826. The van der Waals surface area contributed by atoms with Gasteiger partial charge in [0, 0.05) is 24.6 Å². The molecule has 0 aromatic heterocycles. The van der Waals surface area contributed by atoms with Crippen molar-refractivity contribution in [3.05, 3.63) is 59.7 Å². The van der Waals surface area contributed by atoms with Crippen molar-refractivity contribution in [1.29, 1.82) is 0 Å². The van der Waals surface area contributed by atoms with E-state index in [0.29, 0.717) is 6.07 Å². The lowest BCUT2D eigenvalue weighted by Gasteiger charge is -2.47. The van der Waals surface area contributed by atoms with Crippen molar-refractivity contribution in [2.45, 2.75) is 36.3 Å². The molecule has 0 bridgehead atoms. The van der Waals surface area contributed by atoms with Crippen LogP contribution in [0.15, 0.2) is 53.4 Å². The van der Waals surface area contributed by atoms with E-state index in [1.165, 1.54) is 43.0 Å². The molecule has 0 unspecified atom stereocenters. The van der Waals surface area contributed by atoms with Crippen molar-refractivity contribution in [2.24, 2.45) is 5.92 Å². The predicted molar refractivity (Wildman–Crippen MR) is 105 cm³/mol. The van der Waals surface area contributed by atoms with Gasteiger partial charge in [-0.1, -0.05) is 6.07 Å². The summed E-state index contributed by atoms with van der Waals surface area (Å²) in [5.74, 6) is -1.03. The summed E-state index contributed by atoms with van der Waals surface area (Å²) in [5.41, 5.74) is -0.845. The second-order valence-corrected chi connectivity index (χ2v) is 10.5. The fraction of sp³-hybridized carbons (Fsp3) is 0.381. The highest BCUT2D eigenvalue weighted by molar-refractivity contribution is 7.92. The number of sulfone groups is 1. The summed E-state index contributed by atoms with van der Waals surface area (Å²) in [6.45, 7) is 0.0177. The quantitative estimate of drug-likeness (QED) is 0.569.